The molecule has 0 aromatic heterocycles. The number of hydrogen-bond acceptors (Lipinski definition) is 10. The number of ether oxygens (including phenoxy) is 4. The number of alkyl carbamates (subject to hydrolysis) is 2. The summed E-state index contributed by atoms with van der Waals surface area (Å²) in [6.45, 7) is 5.44. The number of nitrogens with one attached hydrogen (secondary N) is 2. The number of carbonyl (C=O) groups is 5. The highest BCUT2D eigenvalue weighted by Crippen LogP contribution is 1.93. The van der Waals surface area contributed by atoms with Crippen LogP contribution in [0.1, 0.15) is 33.6 Å². The minimum absolute atomic E-state index is 0.0173. The molecule has 0 aromatic carbocycles. The molecule has 31 heavy (non-hydrogen) atoms. The van der Waals surface area contributed by atoms with E-state index < -0.39 is 24.1 Å². The van der Waals surface area contributed by atoms with E-state index in [1.54, 1.807) is 4.90 Å². The first kappa shape index (κ1) is 28.1. The van der Waals surface area contributed by atoms with Gasteiger partial charge in [0.15, 0.2) is 0 Å². The number of nitrogens with zero attached hydrogens (tertiary/aromatic N) is 1. The van der Waals surface area contributed by atoms with Crippen molar-refractivity contribution < 1.29 is 42.9 Å². The molecule has 0 bridgehead atoms. The van der Waals surface area contributed by atoms with E-state index >= 15 is 0 Å². The van der Waals surface area contributed by atoms with Gasteiger partial charge in [-0.1, -0.05) is 13.8 Å². The van der Waals surface area contributed by atoms with Crippen LogP contribution < -0.4 is 10.6 Å². The predicted molar refractivity (Wildman–Crippen MR) is 108 cm³/mol. The zero-order valence-corrected chi connectivity index (χ0v) is 18.4. The maximum absolute atomic E-state index is 11.6. The highest BCUT2D eigenvalue weighted by Gasteiger charge is 2.12. The van der Waals surface area contributed by atoms with E-state index in [0.717, 1.165) is 0 Å². The average molecular weight is 447 g/mol. The summed E-state index contributed by atoms with van der Waals surface area (Å²) >= 11 is 0. The van der Waals surface area contributed by atoms with Crippen molar-refractivity contribution in [3.05, 3.63) is 0 Å². The van der Waals surface area contributed by atoms with Gasteiger partial charge < -0.3 is 29.6 Å². The standard InChI is InChI=1S/C19H33N3O9/c1-4-8-30-18(26)20-12-16(24)28-10-6-22(14-15(3)23)7-11-29-17(25)13-21-19(27)31-9-5-2/h4-14H2,1-3H3,(H,20,26)(H,21,27). The molecule has 2 amide bonds. The lowest BCUT2D eigenvalue weighted by Crippen LogP contribution is -2.37. The van der Waals surface area contributed by atoms with Crippen molar-refractivity contribution in [3.8, 4) is 0 Å². The monoisotopic (exact) mass is 447 g/mol. The Morgan fingerprint density at radius 1 is 0.677 bits per heavy atom. The molecule has 0 unspecified atom stereocenters. The first-order valence-electron chi connectivity index (χ1n) is 10.1. The lowest BCUT2D eigenvalue weighted by Gasteiger charge is -2.20. The van der Waals surface area contributed by atoms with E-state index in [0.29, 0.717) is 12.8 Å². The summed E-state index contributed by atoms with van der Waals surface area (Å²) in [6.07, 6.45) is -0.0682. The molecule has 0 spiro atoms. The van der Waals surface area contributed by atoms with Gasteiger partial charge in [-0.25, -0.2) is 9.59 Å². The highest BCUT2D eigenvalue weighted by atomic mass is 16.6. The minimum Gasteiger partial charge on any atom is -0.463 e. The Morgan fingerprint density at radius 3 is 1.45 bits per heavy atom. The molecular weight excluding hydrogens is 414 g/mol. The van der Waals surface area contributed by atoms with E-state index in [1.165, 1.54) is 6.92 Å². The van der Waals surface area contributed by atoms with Crippen molar-refractivity contribution in [1.29, 1.82) is 0 Å². The average Bonchev–Trinajstić information content (AvgIpc) is 2.72. The summed E-state index contributed by atoms with van der Waals surface area (Å²) in [4.78, 5) is 58.8. The highest BCUT2D eigenvalue weighted by molar-refractivity contribution is 5.78. The second kappa shape index (κ2) is 17.9. The molecule has 0 heterocycles. The first-order chi connectivity index (χ1) is 14.8. The molecular formula is C19H33N3O9. The number of Topliss-reactive ketones (excluding diaryl/α,β-unsaturated/α-hetero) is 1. The lowest BCUT2D eigenvalue weighted by atomic mass is 10.4. The van der Waals surface area contributed by atoms with Crippen LogP contribution >= 0.6 is 0 Å². The lowest BCUT2D eigenvalue weighted by molar-refractivity contribution is -0.143. The fourth-order valence-corrected chi connectivity index (χ4v) is 2.04. The first-order valence-corrected chi connectivity index (χ1v) is 10.1. The van der Waals surface area contributed by atoms with Gasteiger partial charge in [0.1, 0.15) is 32.1 Å². The molecule has 178 valence electrons. The van der Waals surface area contributed by atoms with Gasteiger partial charge in [-0.05, 0) is 19.8 Å². The van der Waals surface area contributed by atoms with Crippen molar-refractivity contribution in [2.24, 2.45) is 0 Å². The molecule has 0 aliphatic carbocycles. The molecule has 0 atom stereocenters. The summed E-state index contributed by atoms with van der Waals surface area (Å²) in [5.41, 5.74) is 0. The predicted octanol–water partition coefficient (Wildman–Crippen LogP) is 0.236. The summed E-state index contributed by atoms with van der Waals surface area (Å²) in [7, 11) is 0. The van der Waals surface area contributed by atoms with Gasteiger partial charge in [-0.15, -0.1) is 0 Å². The second-order valence-electron chi connectivity index (χ2n) is 6.40. The van der Waals surface area contributed by atoms with Gasteiger partial charge >= 0.3 is 24.1 Å². The van der Waals surface area contributed by atoms with Gasteiger partial charge in [-0.3, -0.25) is 19.3 Å². The molecule has 0 fully saturated rings. The Balaban J connectivity index is 4.11. The number of rotatable bonds is 16. The normalized spacial score (nSPS) is 10.2. The van der Waals surface area contributed by atoms with Crippen LogP contribution in [0.15, 0.2) is 0 Å². The van der Waals surface area contributed by atoms with Crippen LogP contribution in [0.5, 0.6) is 0 Å². The summed E-state index contributed by atoms with van der Waals surface area (Å²) in [5, 5.41) is 4.53. The number of hydrogen-bond donors (Lipinski definition) is 2. The molecule has 12 nitrogen and oxygen atoms in total. The number of carbonyl (C=O) groups excluding carboxylic acids is 5. The van der Waals surface area contributed by atoms with Crippen molar-refractivity contribution >= 4 is 29.9 Å². The smallest absolute Gasteiger partial charge is 0.407 e. The van der Waals surface area contributed by atoms with Gasteiger partial charge in [0.25, 0.3) is 0 Å². The van der Waals surface area contributed by atoms with Gasteiger partial charge in [0.05, 0.1) is 19.8 Å². The molecule has 0 saturated heterocycles. The minimum atomic E-state index is -0.702. The van der Waals surface area contributed by atoms with Crippen molar-refractivity contribution in [3.63, 3.8) is 0 Å². The Kier molecular flexibility index (Phi) is 16.3. The molecule has 0 saturated carbocycles. The summed E-state index contributed by atoms with van der Waals surface area (Å²) < 4.78 is 19.5. The topological polar surface area (TPSA) is 150 Å². The van der Waals surface area contributed by atoms with E-state index in [-0.39, 0.29) is 64.9 Å². The van der Waals surface area contributed by atoms with Gasteiger partial charge in [-0.2, -0.15) is 0 Å². The van der Waals surface area contributed by atoms with Crippen LogP contribution in [0.2, 0.25) is 0 Å². The third kappa shape index (κ3) is 17.7. The molecule has 0 aliphatic heterocycles. The van der Waals surface area contributed by atoms with Crippen LogP contribution in [0.25, 0.3) is 0 Å². The molecule has 0 aliphatic rings. The van der Waals surface area contributed by atoms with Crippen LogP contribution in [0.4, 0.5) is 9.59 Å². The third-order valence-corrected chi connectivity index (χ3v) is 3.42. The molecule has 12 heteroatoms. The van der Waals surface area contributed by atoms with Crippen molar-refractivity contribution in [1.82, 2.24) is 15.5 Å². The zero-order chi connectivity index (χ0) is 23.5. The maximum atomic E-state index is 11.6. The fourth-order valence-electron chi connectivity index (χ4n) is 2.04. The summed E-state index contributed by atoms with van der Waals surface area (Å²) in [5.74, 6) is -1.41. The number of amides is 2. The Hall–Kier alpha value is -2.89. The van der Waals surface area contributed by atoms with Crippen molar-refractivity contribution in [2.75, 3.05) is 59.2 Å². The van der Waals surface area contributed by atoms with Crippen molar-refractivity contribution in [2.45, 2.75) is 33.6 Å². The Bertz CT molecular complexity index is 542. The van der Waals surface area contributed by atoms with Gasteiger partial charge in [0.2, 0.25) is 0 Å². The summed E-state index contributed by atoms with van der Waals surface area (Å²) in [6, 6.07) is 0. The largest absolute Gasteiger partial charge is 0.463 e. The van der Waals surface area contributed by atoms with Crippen LogP contribution in [0, 0.1) is 0 Å². The Morgan fingerprint density at radius 2 is 1.10 bits per heavy atom. The van der Waals surface area contributed by atoms with Crippen LogP contribution in [-0.2, 0) is 33.3 Å². The fraction of sp³-hybridized carbons (Fsp3) is 0.737. The SMILES string of the molecule is CCCOC(=O)NCC(=O)OCCN(CCOC(=O)CNC(=O)OCCC)CC(C)=O. The maximum Gasteiger partial charge on any atom is 0.407 e. The van der Waals surface area contributed by atoms with E-state index in [9.17, 15) is 24.0 Å². The molecule has 0 radical (unpaired) electrons. The van der Waals surface area contributed by atoms with Crippen LogP contribution in [0.3, 0.4) is 0 Å². The molecule has 0 rings (SSSR count). The number of esters is 2. The Labute approximate surface area is 181 Å². The second-order valence-corrected chi connectivity index (χ2v) is 6.40. The van der Waals surface area contributed by atoms with E-state index in [1.807, 2.05) is 13.8 Å². The zero-order valence-electron chi connectivity index (χ0n) is 18.4. The van der Waals surface area contributed by atoms with E-state index in [4.69, 9.17) is 18.9 Å². The third-order valence-electron chi connectivity index (χ3n) is 3.42. The number of ketones is 1. The molecule has 0 aromatic rings. The molecule has 2 N–H and O–H groups in total. The van der Waals surface area contributed by atoms with Crippen LogP contribution in [-0.4, -0.2) is 94.0 Å². The van der Waals surface area contributed by atoms with E-state index in [2.05, 4.69) is 10.6 Å². The van der Waals surface area contributed by atoms with Gasteiger partial charge in [0, 0.05) is 13.1 Å². The quantitative estimate of drug-likeness (QED) is 0.249.